The lowest BCUT2D eigenvalue weighted by Crippen LogP contribution is -2.40. The van der Waals surface area contributed by atoms with Crippen LogP contribution in [0.2, 0.25) is 0 Å². The molecule has 19 heavy (non-hydrogen) atoms. The normalized spacial score (nSPS) is 25.4. The average Bonchev–Trinajstić information content (AvgIpc) is 2.82. The van der Waals surface area contributed by atoms with Gasteiger partial charge in [0.2, 0.25) is 0 Å². The quantitative estimate of drug-likeness (QED) is 0.893. The van der Waals surface area contributed by atoms with Gasteiger partial charge in [0.1, 0.15) is 0 Å². The Balaban J connectivity index is 1.93. The highest BCUT2D eigenvalue weighted by Crippen LogP contribution is 2.37. The van der Waals surface area contributed by atoms with Crippen LogP contribution in [0.15, 0.2) is 17.3 Å². The molecule has 0 radical (unpaired) electrons. The first-order valence-corrected chi connectivity index (χ1v) is 7.36. The molecule has 5 nitrogen and oxygen atoms in total. The second-order valence-electron chi connectivity index (χ2n) is 4.63. The van der Waals surface area contributed by atoms with Crippen LogP contribution in [0.3, 0.4) is 0 Å². The number of aromatic nitrogens is 2. The van der Waals surface area contributed by atoms with E-state index in [9.17, 15) is 21.6 Å². The van der Waals surface area contributed by atoms with Crippen LogP contribution >= 0.6 is 0 Å². The molecule has 1 aromatic heterocycles. The molecule has 1 fully saturated rings. The zero-order valence-electron chi connectivity index (χ0n) is 9.94. The smallest absolute Gasteiger partial charge is 0.266 e. The molecule has 1 aliphatic rings. The molecule has 2 rings (SSSR count). The Bertz CT molecular complexity index is 505. The molecule has 1 aromatic rings. The van der Waals surface area contributed by atoms with Crippen molar-refractivity contribution in [2.24, 2.45) is 5.92 Å². The van der Waals surface area contributed by atoms with E-state index in [1.807, 2.05) is 0 Å². The van der Waals surface area contributed by atoms with E-state index in [1.165, 1.54) is 12.3 Å². The van der Waals surface area contributed by atoms with Gasteiger partial charge < -0.3 is 0 Å². The maximum Gasteiger partial charge on any atom is 0.391 e. The van der Waals surface area contributed by atoms with Gasteiger partial charge in [-0.15, -0.1) is 0 Å². The fourth-order valence-corrected chi connectivity index (χ4v) is 3.43. The van der Waals surface area contributed by atoms with Crippen LogP contribution in [-0.4, -0.2) is 30.8 Å². The van der Waals surface area contributed by atoms with Crippen molar-refractivity contribution in [2.75, 3.05) is 0 Å². The Hall–Kier alpha value is -1.09. The summed E-state index contributed by atoms with van der Waals surface area (Å²) >= 11 is 0. The monoisotopic (exact) mass is 297 g/mol. The van der Waals surface area contributed by atoms with E-state index >= 15 is 0 Å². The number of hydrogen-bond acceptors (Lipinski definition) is 3. The number of nitrogens with one attached hydrogen (secondary N) is 2. The number of H-pyrrole nitrogens is 1. The molecule has 0 amide bonds. The van der Waals surface area contributed by atoms with Crippen molar-refractivity contribution < 1.29 is 21.6 Å². The van der Waals surface area contributed by atoms with Gasteiger partial charge in [-0.05, 0) is 31.7 Å². The Morgan fingerprint density at radius 3 is 2.37 bits per heavy atom. The summed E-state index contributed by atoms with van der Waals surface area (Å²) in [7, 11) is -3.72. The van der Waals surface area contributed by atoms with Gasteiger partial charge in [0.15, 0.2) is 5.03 Å². The third-order valence-corrected chi connectivity index (χ3v) is 4.73. The van der Waals surface area contributed by atoms with E-state index in [4.69, 9.17) is 0 Å². The summed E-state index contributed by atoms with van der Waals surface area (Å²) < 4.78 is 63.5. The number of halogens is 3. The van der Waals surface area contributed by atoms with E-state index in [2.05, 4.69) is 14.9 Å². The van der Waals surface area contributed by atoms with Crippen LogP contribution in [0.5, 0.6) is 0 Å². The summed E-state index contributed by atoms with van der Waals surface area (Å²) in [4.78, 5) is 0. The molecular weight excluding hydrogens is 283 g/mol. The Labute approximate surface area is 108 Å². The zero-order valence-corrected chi connectivity index (χ0v) is 10.8. The lowest BCUT2D eigenvalue weighted by Gasteiger charge is -2.29. The predicted octanol–water partition coefficient (Wildman–Crippen LogP) is 1.81. The molecule has 0 saturated heterocycles. The molecule has 0 unspecified atom stereocenters. The fourth-order valence-electron chi connectivity index (χ4n) is 2.21. The zero-order chi connectivity index (χ0) is 14.1. The summed E-state index contributed by atoms with van der Waals surface area (Å²) in [6.07, 6.45) is -2.59. The third kappa shape index (κ3) is 3.47. The molecule has 1 heterocycles. The molecule has 0 aliphatic heterocycles. The number of nitrogens with zero attached hydrogens (tertiary/aromatic N) is 1. The molecule has 2 N–H and O–H groups in total. The minimum absolute atomic E-state index is 0.0420. The third-order valence-electron chi connectivity index (χ3n) is 3.28. The molecule has 108 valence electrons. The second-order valence-corrected chi connectivity index (χ2v) is 6.31. The summed E-state index contributed by atoms with van der Waals surface area (Å²) in [6.45, 7) is 0. The van der Waals surface area contributed by atoms with Crippen molar-refractivity contribution in [2.45, 2.75) is 42.9 Å². The SMILES string of the molecule is O=S(=O)(NC1CCC(C(F)(F)F)CC1)c1ccn[nH]1. The van der Waals surface area contributed by atoms with Gasteiger partial charge in [0.25, 0.3) is 10.0 Å². The summed E-state index contributed by atoms with van der Waals surface area (Å²) in [5.41, 5.74) is 0. The first-order valence-electron chi connectivity index (χ1n) is 5.87. The fraction of sp³-hybridized carbons (Fsp3) is 0.700. The molecule has 0 atom stereocenters. The van der Waals surface area contributed by atoms with Gasteiger partial charge in [-0.3, -0.25) is 5.10 Å². The number of hydrogen-bond donors (Lipinski definition) is 2. The number of aromatic amines is 1. The van der Waals surface area contributed by atoms with Crippen molar-refractivity contribution >= 4 is 10.0 Å². The highest BCUT2D eigenvalue weighted by Gasteiger charge is 2.41. The van der Waals surface area contributed by atoms with Crippen molar-refractivity contribution in [1.29, 1.82) is 0 Å². The van der Waals surface area contributed by atoms with Crippen molar-refractivity contribution in [1.82, 2.24) is 14.9 Å². The van der Waals surface area contributed by atoms with E-state index in [1.54, 1.807) is 0 Å². The molecule has 0 aromatic carbocycles. The summed E-state index contributed by atoms with van der Waals surface area (Å²) in [5, 5.41) is 5.77. The Kier molecular flexibility index (Phi) is 3.86. The van der Waals surface area contributed by atoms with Crippen LogP contribution in [0.1, 0.15) is 25.7 Å². The summed E-state index contributed by atoms with van der Waals surface area (Å²) in [6, 6.07) is 0.843. The minimum atomic E-state index is -4.19. The molecule has 0 bridgehead atoms. The van der Waals surface area contributed by atoms with Gasteiger partial charge in [-0.1, -0.05) is 0 Å². The molecule has 1 saturated carbocycles. The number of alkyl halides is 3. The van der Waals surface area contributed by atoms with Gasteiger partial charge in [0, 0.05) is 6.04 Å². The van der Waals surface area contributed by atoms with Crippen molar-refractivity contribution in [3.63, 3.8) is 0 Å². The minimum Gasteiger partial charge on any atom is -0.266 e. The van der Waals surface area contributed by atoms with E-state index in [-0.39, 0.29) is 30.7 Å². The molecular formula is C10H14F3N3O2S. The number of rotatable bonds is 3. The predicted molar refractivity (Wildman–Crippen MR) is 60.7 cm³/mol. The van der Waals surface area contributed by atoms with Crippen LogP contribution in [0.4, 0.5) is 13.2 Å². The average molecular weight is 297 g/mol. The van der Waals surface area contributed by atoms with Crippen LogP contribution in [-0.2, 0) is 10.0 Å². The first-order chi connectivity index (χ1) is 8.79. The Morgan fingerprint density at radius 1 is 1.26 bits per heavy atom. The number of sulfonamides is 1. The molecule has 1 aliphatic carbocycles. The highest BCUT2D eigenvalue weighted by molar-refractivity contribution is 7.89. The van der Waals surface area contributed by atoms with E-state index in [0.29, 0.717) is 0 Å². The van der Waals surface area contributed by atoms with Crippen molar-refractivity contribution in [3.05, 3.63) is 12.3 Å². The van der Waals surface area contributed by atoms with Crippen molar-refractivity contribution in [3.8, 4) is 0 Å². The lowest BCUT2D eigenvalue weighted by molar-refractivity contribution is -0.182. The highest BCUT2D eigenvalue weighted by atomic mass is 32.2. The van der Waals surface area contributed by atoms with Crippen LogP contribution in [0.25, 0.3) is 0 Å². The van der Waals surface area contributed by atoms with Gasteiger partial charge in [-0.25, -0.2) is 13.1 Å². The largest absolute Gasteiger partial charge is 0.391 e. The maximum absolute atomic E-state index is 12.5. The lowest BCUT2D eigenvalue weighted by atomic mass is 9.86. The first kappa shape index (κ1) is 14.3. The Morgan fingerprint density at radius 2 is 1.89 bits per heavy atom. The van der Waals surface area contributed by atoms with E-state index in [0.717, 1.165) is 0 Å². The van der Waals surface area contributed by atoms with Gasteiger partial charge >= 0.3 is 6.18 Å². The van der Waals surface area contributed by atoms with Crippen LogP contribution in [0, 0.1) is 5.92 Å². The molecule has 0 spiro atoms. The maximum atomic E-state index is 12.5. The van der Waals surface area contributed by atoms with E-state index < -0.39 is 28.2 Å². The second kappa shape index (κ2) is 5.12. The van der Waals surface area contributed by atoms with Gasteiger partial charge in [-0.2, -0.15) is 18.3 Å². The summed E-state index contributed by atoms with van der Waals surface area (Å²) in [5.74, 6) is -1.32. The van der Waals surface area contributed by atoms with Crippen LogP contribution < -0.4 is 4.72 Å². The molecule has 9 heteroatoms. The van der Waals surface area contributed by atoms with Gasteiger partial charge in [0.05, 0.1) is 12.1 Å². The topological polar surface area (TPSA) is 74.8 Å². The standard InChI is InChI=1S/C10H14F3N3O2S/c11-10(12,13)7-1-3-8(4-2-7)16-19(17,18)9-5-6-14-15-9/h5-8,16H,1-4H2,(H,14,15).